The highest BCUT2D eigenvalue weighted by molar-refractivity contribution is 5.83. The van der Waals surface area contributed by atoms with Gasteiger partial charge in [0.1, 0.15) is 24.7 Å². The van der Waals surface area contributed by atoms with Gasteiger partial charge < -0.3 is 19.1 Å². The summed E-state index contributed by atoms with van der Waals surface area (Å²) < 4.78 is 15.9. The summed E-state index contributed by atoms with van der Waals surface area (Å²) in [7, 11) is 1.62. The molecular weight excluding hydrogens is 324 g/mol. The summed E-state index contributed by atoms with van der Waals surface area (Å²) in [5.74, 6) is 1.79. The second kappa shape index (κ2) is 8.09. The van der Waals surface area contributed by atoms with E-state index in [4.69, 9.17) is 14.2 Å². The van der Waals surface area contributed by atoms with Gasteiger partial charge in [-0.15, -0.1) is 0 Å². The zero-order valence-electron chi connectivity index (χ0n) is 14.5. The van der Waals surface area contributed by atoms with Crippen molar-refractivity contribution >= 4 is 12.0 Å². The topological polar surface area (TPSA) is 68.3 Å². The zero-order valence-corrected chi connectivity index (χ0v) is 14.5. The summed E-state index contributed by atoms with van der Waals surface area (Å²) in [6.07, 6.45) is 1.57. The molecule has 0 radical (unpaired) electrons. The van der Waals surface area contributed by atoms with Crippen LogP contribution in [0.2, 0.25) is 0 Å². The van der Waals surface area contributed by atoms with E-state index in [0.717, 1.165) is 30.9 Å². The van der Waals surface area contributed by atoms with Crippen LogP contribution in [-0.2, 0) is 9.53 Å². The Morgan fingerprint density at radius 2 is 2.16 bits per heavy atom. The van der Waals surface area contributed by atoms with E-state index >= 15 is 0 Å². The van der Waals surface area contributed by atoms with Crippen molar-refractivity contribution in [2.75, 3.05) is 46.5 Å². The van der Waals surface area contributed by atoms with Gasteiger partial charge in [-0.2, -0.15) is 0 Å². The molecule has 1 aromatic carbocycles. The maximum atomic E-state index is 12.4. The molecule has 2 aliphatic heterocycles. The van der Waals surface area contributed by atoms with Crippen LogP contribution in [0, 0.1) is 5.92 Å². The number of hydrogen-bond acceptors (Lipinski definition) is 5. The molecule has 3 rings (SSSR count). The number of methoxy groups -OCH3 is 1. The van der Waals surface area contributed by atoms with Crippen LogP contribution in [0.1, 0.15) is 12.8 Å². The monoisotopic (exact) mass is 348 g/mol. The Balaban J connectivity index is 1.48. The Morgan fingerprint density at radius 1 is 1.32 bits per heavy atom. The van der Waals surface area contributed by atoms with Crippen LogP contribution >= 0.6 is 0 Å². The molecule has 136 valence electrons. The molecule has 7 nitrogen and oxygen atoms in total. The zero-order chi connectivity index (χ0) is 17.6. The summed E-state index contributed by atoms with van der Waals surface area (Å²) in [5.41, 5.74) is 0. The van der Waals surface area contributed by atoms with Crippen LogP contribution in [0.4, 0.5) is 4.79 Å². The first-order valence-corrected chi connectivity index (χ1v) is 8.62. The Labute approximate surface area is 147 Å². The average molecular weight is 348 g/mol. The molecule has 0 aromatic heterocycles. The predicted molar refractivity (Wildman–Crippen MR) is 90.7 cm³/mol. The number of piperidine rings is 1. The lowest BCUT2D eigenvalue weighted by atomic mass is 9.99. The van der Waals surface area contributed by atoms with Crippen molar-refractivity contribution in [1.82, 2.24) is 9.80 Å². The van der Waals surface area contributed by atoms with Gasteiger partial charge in [-0.1, -0.05) is 6.07 Å². The van der Waals surface area contributed by atoms with E-state index in [1.807, 2.05) is 29.2 Å². The SMILES string of the molecule is COc1cccc(OC[C@@H]2CCCN(C(=O)CN3CCOC3=O)C2)c1. The number of rotatable bonds is 6. The Morgan fingerprint density at radius 3 is 2.92 bits per heavy atom. The highest BCUT2D eigenvalue weighted by Gasteiger charge is 2.29. The van der Waals surface area contributed by atoms with E-state index in [-0.39, 0.29) is 18.4 Å². The maximum absolute atomic E-state index is 12.4. The molecule has 1 aromatic rings. The third-order valence-corrected chi connectivity index (χ3v) is 4.57. The van der Waals surface area contributed by atoms with Crippen molar-refractivity contribution in [1.29, 1.82) is 0 Å². The average Bonchev–Trinajstić information content (AvgIpc) is 3.05. The van der Waals surface area contributed by atoms with Gasteiger partial charge in [-0.25, -0.2) is 4.79 Å². The van der Waals surface area contributed by atoms with E-state index in [2.05, 4.69) is 0 Å². The minimum atomic E-state index is -0.400. The normalized spacial score (nSPS) is 20.4. The number of hydrogen-bond donors (Lipinski definition) is 0. The van der Waals surface area contributed by atoms with Crippen LogP contribution < -0.4 is 9.47 Å². The van der Waals surface area contributed by atoms with Crippen LogP contribution in [0.15, 0.2) is 24.3 Å². The lowest BCUT2D eigenvalue weighted by Crippen LogP contribution is -2.46. The fraction of sp³-hybridized carbons (Fsp3) is 0.556. The molecule has 0 bridgehead atoms. The summed E-state index contributed by atoms with van der Waals surface area (Å²) in [6, 6.07) is 7.51. The molecule has 0 unspecified atom stereocenters. The van der Waals surface area contributed by atoms with Crippen molar-refractivity contribution in [2.45, 2.75) is 12.8 Å². The van der Waals surface area contributed by atoms with Gasteiger partial charge in [0.25, 0.3) is 0 Å². The maximum Gasteiger partial charge on any atom is 0.410 e. The van der Waals surface area contributed by atoms with Gasteiger partial charge in [0.2, 0.25) is 5.91 Å². The summed E-state index contributed by atoms with van der Waals surface area (Å²) >= 11 is 0. The van der Waals surface area contributed by atoms with E-state index in [9.17, 15) is 9.59 Å². The molecule has 0 aliphatic carbocycles. The minimum Gasteiger partial charge on any atom is -0.497 e. The number of carbonyl (C=O) groups is 2. The predicted octanol–water partition coefficient (Wildman–Crippen LogP) is 1.76. The lowest BCUT2D eigenvalue weighted by Gasteiger charge is -2.33. The van der Waals surface area contributed by atoms with E-state index in [1.165, 1.54) is 4.90 Å². The smallest absolute Gasteiger partial charge is 0.410 e. The van der Waals surface area contributed by atoms with Crippen molar-refractivity contribution in [3.8, 4) is 11.5 Å². The molecular formula is C18H24N2O5. The Bertz CT molecular complexity index is 621. The van der Waals surface area contributed by atoms with Crippen LogP contribution in [0.25, 0.3) is 0 Å². The van der Waals surface area contributed by atoms with E-state index in [0.29, 0.717) is 26.3 Å². The molecule has 0 saturated carbocycles. The first-order valence-electron chi connectivity index (χ1n) is 8.62. The van der Waals surface area contributed by atoms with Crippen molar-refractivity contribution in [3.63, 3.8) is 0 Å². The molecule has 2 fully saturated rings. The number of likely N-dealkylation sites (tertiary alicyclic amines) is 1. The largest absolute Gasteiger partial charge is 0.497 e. The van der Waals surface area contributed by atoms with Gasteiger partial charge in [0, 0.05) is 25.1 Å². The van der Waals surface area contributed by atoms with Gasteiger partial charge in [-0.05, 0) is 25.0 Å². The highest BCUT2D eigenvalue weighted by atomic mass is 16.6. The number of carbonyl (C=O) groups excluding carboxylic acids is 2. The van der Waals surface area contributed by atoms with Crippen LogP contribution in [0.5, 0.6) is 11.5 Å². The summed E-state index contributed by atoms with van der Waals surface area (Å²) in [4.78, 5) is 27.2. The molecule has 2 aliphatic rings. The van der Waals surface area contributed by atoms with Gasteiger partial charge in [0.05, 0.1) is 20.3 Å². The first kappa shape index (κ1) is 17.4. The summed E-state index contributed by atoms with van der Waals surface area (Å²) in [6.45, 7) is 2.90. The fourth-order valence-corrected chi connectivity index (χ4v) is 3.17. The molecule has 1 atom stereocenters. The Kier molecular flexibility index (Phi) is 5.63. The summed E-state index contributed by atoms with van der Waals surface area (Å²) in [5, 5.41) is 0. The van der Waals surface area contributed by atoms with E-state index < -0.39 is 6.09 Å². The molecule has 2 heterocycles. The number of cyclic esters (lactones) is 1. The first-order chi connectivity index (χ1) is 12.2. The standard InChI is InChI=1S/C18H24N2O5/c1-23-15-5-2-6-16(10-15)25-13-14-4-3-7-19(11-14)17(21)12-20-8-9-24-18(20)22/h2,5-6,10,14H,3-4,7-9,11-13H2,1H3/t14-/m1/s1. The molecule has 7 heteroatoms. The van der Waals surface area contributed by atoms with Crippen LogP contribution in [0.3, 0.4) is 0 Å². The molecule has 25 heavy (non-hydrogen) atoms. The third-order valence-electron chi connectivity index (χ3n) is 4.57. The van der Waals surface area contributed by atoms with Gasteiger partial charge in [0.15, 0.2) is 0 Å². The molecule has 0 spiro atoms. The molecule has 0 N–H and O–H groups in total. The fourth-order valence-electron chi connectivity index (χ4n) is 3.17. The second-order valence-corrected chi connectivity index (χ2v) is 6.37. The number of amides is 2. The van der Waals surface area contributed by atoms with Crippen molar-refractivity contribution in [3.05, 3.63) is 24.3 Å². The van der Waals surface area contributed by atoms with Crippen molar-refractivity contribution in [2.24, 2.45) is 5.92 Å². The Hall–Kier alpha value is -2.44. The number of benzene rings is 1. The third kappa shape index (κ3) is 4.55. The van der Waals surface area contributed by atoms with Gasteiger partial charge in [-0.3, -0.25) is 9.69 Å². The minimum absolute atomic E-state index is 0.0232. The van der Waals surface area contributed by atoms with Crippen LogP contribution in [-0.4, -0.2) is 68.3 Å². The number of nitrogens with zero attached hydrogens (tertiary/aromatic N) is 2. The van der Waals surface area contributed by atoms with Gasteiger partial charge >= 0.3 is 6.09 Å². The van der Waals surface area contributed by atoms with E-state index in [1.54, 1.807) is 7.11 Å². The highest BCUT2D eigenvalue weighted by Crippen LogP contribution is 2.22. The second-order valence-electron chi connectivity index (χ2n) is 6.37. The lowest BCUT2D eigenvalue weighted by molar-refractivity contribution is -0.133. The molecule has 2 saturated heterocycles. The quantitative estimate of drug-likeness (QED) is 0.784. The number of ether oxygens (including phenoxy) is 3. The molecule has 2 amide bonds. The van der Waals surface area contributed by atoms with Crippen molar-refractivity contribution < 1.29 is 23.8 Å².